The van der Waals surface area contributed by atoms with E-state index in [-0.39, 0.29) is 6.04 Å². The van der Waals surface area contributed by atoms with Gasteiger partial charge < -0.3 is 9.88 Å². The van der Waals surface area contributed by atoms with Crippen molar-refractivity contribution >= 4 is 10.0 Å². The molecule has 0 radical (unpaired) electrons. The minimum absolute atomic E-state index is 0.234. The molecule has 0 saturated heterocycles. The maximum atomic E-state index is 12.3. The van der Waals surface area contributed by atoms with Crippen molar-refractivity contribution in [2.45, 2.75) is 51.6 Å². The molecule has 0 unspecified atom stereocenters. The lowest BCUT2D eigenvalue weighted by Gasteiger charge is -2.12. The van der Waals surface area contributed by atoms with Gasteiger partial charge in [0.25, 0.3) is 0 Å². The first-order valence-corrected chi connectivity index (χ1v) is 8.61. The maximum Gasteiger partial charge on any atom is 0.242 e. The molecule has 1 heterocycles. The molecule has 0 aliphatic carbocycles. The average molecular weight is 301 g/mol. The Hall–Kier alpha value is -0.850. The van der Waals surface area contributed by atoms with Crippen LogP contribution in [0.2, 0.25) is 0 Å². The summed E-state index contributed by atoms with van der Waals surface area (Å²) in [6.07, 6.45) is 2.56. The third-order valence-corrected chi connectivity index (χ3v) is 4.57. The summed E-state index contributed by atoms with van der Waals surface area (Å²) >= 11 is 0. The van der Waals surface area contributed by atoms with Gasteiger partial charge in [-0.15, -0.1) is 0 Å². The fourth-order valence-electron chi connectivity index (χ4n) is 2.01. The lowest BCUT2D eigenvalue weighted by molar-refractivity contribution is 0.549. The number of nitrogens with one attached hydrogen (secondary N) is 2. The van der Waals surface area contributed by atoms with Crippen LogP contribution in [0, 0.1) is 5.92 Å². The quantitative estimate of drug-likeness (QED) is 0.773. The van der Waals surface area contributed by atoms with Gasteiger partial charge in [0.05, 0.1) is 4.90 Å². The molecule has 20 heavy (non-hydrogen) atoms. The lowest BCUT2D eigenvalue weighted by atomic mass is 10.1. The van der Waals surface area contributed by atoms with Crippen LogP contribution >= 0.6 is 0 Å². The van der Waals surface area contributed by atoms with E-state index in [1.807, 2.05) is 25.5 Å². The minimum Gasteiger partial charge on any atom is -0.346 e. The zero-order valence-corrected chi connectivity index (χ0v) is 13.9. The zero-order valence-electron chi connectivity index (χ0n) is 13.1. The highest BCUT2D eigenvalue weighted by atomic mass is 32.2. The van der Waals surface area contributed by atoms with Crippen LogP contribution in [0.1, 0.15) is 45.9 Å². The molecular formula is C14H27N3O2S. The molecule has 0 aromatic carbocycles. The molecule has 0 amide bonds. The zero-order chi connectivity index (χ0) is 15.3. The Bertz CT molecular complexity index is 519. The SMILES string of the molecule is CNCc1cc(S(=O)(=O)NCCC(C)C)cn1C(C)C. The second-order valence-electron chi connectivity index (χ2n) is 5.78. The lowest BCUT2D eigenvalue weighted by Crippen LogP contribution is -2.25. The largest absolute Gasteiger partial charge is 0.346 e. The van der Waals surface area contributed by atoms with Crippen LogP contribution in [-0.2, 0) is 16.6 Å². The van der Waals surface area contributed by atoms with Crippen molar-refractivity contribution in [2.24, 2.45) is 5.92 Å². The molecular weight excluding hydrogens is 274 g/mol. The Balaban J connectivity index is 2.92. The number of hydrogen-bond acceptors (Lipinski definition) is 3. The summed E-state index contributed by atoms with van der Waals surface area (Å²) in [5, 5.41) is 3.07. The number of aromatic nitrogens is 1. The molecule has 0 spiro atoms. The minimum atomic E-state index is -3.41. The van der Waals surface area contributed by atoms with E-state index in [0.29, 0.717) is 23.9 Å². The van der Waals surface area contributed by atoms with Crippen molar-refractivity contribution in [1.29, 1.82) is 0 Å². The Labute approximate surface area is 122 Å². The van der Waals surface area contributed by atoms with Crippen molar-refractivity contribution in [3.05, 3.63) is 18.0 Å². The van der Waals surface area contributed by atoms with Crippen LogP contribution in [0.4, 0.5) is 0 Å². The molecule has 1 rings (SSSR count). The van der Waals surface area contributed by atoms with E-state index in [9.17, 15) is 8.42 Å². The van der Waals surface area contributed by atoms with Gasteiger partial charge in [-0.25, -0.2) is 13.1 Å². The Kier molecular flexibility index (Phi) is 6.23. The summed E-state index contributed by atoms with van der Waals surface area (Å²) in [6.45, 7) is 9.38. The smallest absolute Gasteiger partial charge is 0.242 e. The van der Waals surface area contributed by atoms with Gasteiger partial charge in [-0.3, -0.25) is 0 Å². The molecule has 5 nitrogen and oxygen atoms in total. The molecule has 6 heteroatoms. The summed E-state index contributed by atoms with van der Waals surface area (Å²) in [4.78, 5) is 0.347. The first-order chi connectivity index (χ1) is 9.27. The van der Waals surface area contributed by atoms with Crippen LogP contribution in [0.25, 0.3) is 0 Å². The van der Waals surface area contributed by atoms with Crippen molar-refractivity contribution in [3.63, 3.8) is 0 Å². The van der Waals surface area contributed by atoms with Crippen LogP contribution in [0.5, 0.6) is 0 Å². The monoisotopic (exact) mass is 301 g/mol. The van der Waals surface area contributed by atoms with Gasteiger partial charge in [0.15, 0.2) is 0 Å². The fourth-order valence-corrected chi connectivity index (χ4v) is 3.11. The van der Waals surface area contributed by atoms with Gasteiger partial charge in [-0.2, -0.15) is 0 Å². The highest BCUT2D eigenvalue weighted by molar-refractivity contribution is 7.89. The molecule has 1 aromatic rings. The molecule has 0 fully saturated rings. The van der Waals surface area contributed by atoms with E-state index in [1.165, 1.54) is 0 Å². The van der Waals surface area contributed by atoms with Crippen LogP contribution in [-0.4, -0.2) is 26.6 Å². The summed E-state index contributed by atoms with van der Waals surface area (Å²) in [6, 6.07) is 1.98. The first-order valence-electron chi connectivity index (χ1n) is 7.13. The van der Waals surface area contributed by atoms with E-state index in [1.54, 1.807) is 12.3 Å². The van der Waals surface area contributed by atoms with E-state index in [4.69, 9.17) is 0 Å². The van der Waals surface area contributed by atoms with E-state index < -0.39 is 10.0 Å². The number of rotatable bonds is 8. The third kappa shape index (κ3) is 4.61. The molecule has 1 aromatic heterocycles. The summed E-state index contributed by atoms with van der Waals surface area (Å²) in [7, 11) is -1.55. The highest BCUT2D eigenvalue weighted by Crippen LogP contribution is 2.19. The molecule has 0 bridgehead atoms. The van der Waals surface area contributed by atoms with Gasteiger partial charge in [-0.05, 0) is 39.3 Å². The summed E-state index contributed by atoms with van der Waals surface area (Å²) < 4.78 is 29.2. The summed E-state index contributed by atoms with van der Waals surface area (Å²) in [5.74, 6) is 0.484. The Morgan fingerprint density at radius 2 is 1.90 bits per heavy atom. The first kappa shape index (κ1) is 17.2. The second kappa shape index (κ2) is 7.24. The maximum absolute atomic E-state index is 12.3. The van der Waals surface area contributed by atoms with Gasteiger partial charge in [0, 0.05) is 31.0 Å². The van der Waals surface area contributed by atoms with Crippen molar-refractivity contribution in [3.8, 4) is 0 Å². The standard InChI is InChI=1S/C14H27N3O2S/c1-11(2)6-7-16-20(18,19)14-8-13(9-15-5)17(10-14)12(3)4/h8,10-12,15-16H,6-7,9H2,1-5H3. The predicted octanol–water partition coefficient (Wildman–Crippen LogP) is 2.11. The predicted molar refractivity (Wildman–Crippen MR) is 82.2 cm³/mol. The van der Waals surface area contributed by atoms with Crippen LogP contribution in [0.15, 0.2) is 17.2 Å². The molecule has 0 atom stereocenters. The molecule has 0 saturated carbocycles. The second-order valence-corrected chi connectivity index (χ2v) is 7.55. The van der Waals surface area contributed by atoms with Gasteiger partial charge in [-0.1, -0.05) is 13.8 Å². The summed E-state index contributed by atoms with van der Waals surface area (Å²) in [5.41, 5.74) is 0.978. The molecule has 0 aliphatic rings. The number of nitrogens with zero attached hydrogens (tertiary/aromatic N) is 1. The highest BCUT2D eigenvalue weighted by Gasteiger charge is 2.18. The Morgan fingerprint density at radius 3 is 2.40 bits per heavy atom. The van der Waals surface area contributed by atoms with Crippen LogP contribution < -0.4 is 10.0 Å². The fraction of sp³-hybridized carbons (Fsp3) is 0.714. The average Bonchev–Trinajstić information content (AvgIpc) is 2.73. The van der Waals surface area contributed by atoms with Gasteiger partial charge in [0.2, 0.25) is 10.0 Å². The molecule has 0 aliphatic heterocycles. The molecule has 116 valence electrons. The van der Waals surface area contributed by atoms with Gasteiger partial charge in [0.1, 0.15) is 0 Å². The van der Waals surface area contributed by atoms with E-state index in [0.717, 1.165) is 12.1 Å². The van der Waals surface area contributed by atoms with Crippen LogP contribution in [0.3, 0.4) is 0 Å². The van der Waals surface area contributed by atoms with E-state index in [2.05, 4.69) is 23.9 Å². The normalized spacial score (nSPS) is 12.6. The Morgan fingerprint density at radius 1 is 1.25 bits per heavy atom. The van der Waals surface area contributed by atoms with Gasteiger partial charge >= 0.3 is 0 Å². The third-order valence-electron chi connectivity index (χ3n) is 3.15. The number of hydrogen-bond donors (Lipinski definition) is 2. The van der Waals surface area contributed by atoms with E-state index >= 15 is 0 Å². The molecule has 2 N–H and O–H groups in total. The van der Waals surface area contributed by atoms with Crippen molar-refractivity contribution in [1.82, 2.24) is 14.6 Å². The van der Waals surface area contributed by atoms with Crippen molar-refractivity contribution in [2.75, 3.05) is 13.6 Å². The topological polar surface area (TPSA) is 63.1 Å². The van der Waals surface area contributed by atoms with Crippen molar-refractivity contribution < 1.29 is 8.42 Å². The number of sulfonamides is 1.